The third-order valence-electron chi connectivity index (χ3n) is 4.73. The topological polar surface area (TPSA) is 66.6 Å². The first-order valence-electron chi connectivity index (χ1n) is 6.58. The molecule has 0 spiro atoms. The quantitative estimate of drug-likeness (QED) is 0.738. The Morgan fingerprint density at radius 2 is 1.94 bits per heavy atom. The van der Waals surface area contributed by atoms with E-state index in [1.165, 1.54) is 0 Å². The average Bonchev–Trinajstić information content (AvgIpc) is 2.59. The van der Waals surface area contributed by atoms with Gasteiger partial charge in [-0.3, -0.25) is 9.80 Å². The molecule has 0 amide bonds. The molecule has 2 aliphatic heterocycles. The summed E-state index contributed by atoms with van der Waals surface area (Å²) < 4.78 is 23.6. The van der Waals surface area contributed by atoms with Crippen LogP contribution in [0.25, 0.3) is 0 Å². The molecular formula is C12H25N3O2S. The predicted octanol–water partition coefficient (Wildman–Crippen LogP) is -0.472. The molecule has 0 aromatic carbocycles. The SMILES string of the molecule is CN1CCN(C2(CN)CCS(=O)(=O)C2)CC1(C)C. The molecule has 5 nitrogen and oxygen atoms in total. The van der Waals surface area contributed by atoms with Crippen LogP contribution in [0.4, 0.5) is 0 Å². The van der Waals surface area contributed by atoms with Crippen molar-refractivity contribution in [3.63, 3.8) is 0 Å². The van der Waals surface area contributed by atoms with E-state index in [1.54, 1.807) is 0 Å². The molecule has 1 atom stereocenters. The highest BCUT2D eigenvalue weighted by molar-refractivity contribution is 7.91. The Balaban J connectivity index is 2.20. The second kappa shape index (κ2) is 4.44. The van der Waals surface area contributed by atoms with Gasteiger partial charge in [0.25, 0.3) is 0 Å². The minimum Gasteiger partial charge on any atom is -0.329 e. The highest BCUT2D eigenvalue weighted by atomic mass is 32.2. The number of nitrogens with zero attached hydrogens (tertiary/aromatic N) is 2. The second-order valence-corrected chi connectivity index (χ2v) is 8.61. The van der Waals surface area contributed by atoms with Crippen molar-refractivity contribution in [3.05, 3.63) is 0 Å². The first kappa shape index (κ1) is 14.2. The van der Waals surface area contributed by atoms with Gasteiger partial charge in [0.2, 0.25) is 0 Å². The van der Waals surface area contributed by atoms with Gasteiger partial charge in [0, 0.05) is 37.3 Å². The van der Waals surface area contributed by atoms with Gasteiger partial charge in [0.15, 0.2) is 9.84 Å². The molecule has 0 bridgehead atoms. The van der Waals surface area contributed by atoms with Crippen molar-refractivity contribution in [2.45, 2.75) is 31.3 Å². The van der Waals surface area contributed by atoms with E-state index in [1.807, 2.05) is 0 Å². The molecule has 1 unspecified atom stereocenters. The predicted molar refractivity (Wildman–Crippen MR) is 73.3 cm³/mol. The lowest BCUT2D eigenvalue weighted by Crippen LogP contribution is -2.66. The van der Waals surface area contributed by atoms with Gasteiger partial charge in [-0.2, -0.15) is 0 Å². The standard InChI is InChI=1S/C12H25N3O2S/c1-11(2)9-15(6-5-14(11)3)12(8-13)4-7-18(16,17)10-12/h4-10,13H2,1-3H3. The van der Waals surface area contributed by atoms with E-state index >= 15 is 0 Å². The average molecular weight is 275 g/mol. The summed E-state index contributed by atoms with van der Waals surface area (Å²) in [5, 5.41) is 0. The highest BCUT2D eigenvalue weighted by Gasteiger charge is 2.48. The third kappa shape index (κ3) is 2.43. The number of piperazine rings is 1. The number of hydrogen-bond donors (Lipinski definition) is 1. The summed E-state index contributed by atoms with van der Waals surface area (Å²) >= 11 is 0. The largest absolute Gasteiger partial charge is 0.329 e. The molecule has 2 saturated heterocycles. The number of rotatable bonds is 2. The van der Waals surface area contributed by atoms with Crippen LogP contribution in [0.15, 0.2) is 0 Å². The number of sulfone groups is 1. The number of hydrogen-bond acceptors (Lipinski definition) is 5. The van der Waals surface area contributed by atoms with Gasteiger partial charge in [-0.1, -0.05) is 0 Å². The van der Waals surface area contributed by atoms with Crippen molar-refractivity contribution in [3.8, 4) is 0 Å². The van der Waals surface area contributed by atoms with Crippen molar-refractivity contribution in [2.24, 2.45) is 5.73 Å². The monoisotopic (exact) mass is 275 g/mol. The van der Waals surface area contributed by atoms with Gasteiger partial charge in [-0.25, -0.2) is 8.42 Å². The second-order valence-electron chi connectivity index (χ2n) is 6.43. The van der Waals surface area contributed by atoms with Crippen LogP contribution in [-0.4, -0.2) is 74.0 Å². The molecule has 0 aliphatic carbocycles. The number of nitrogens with two attached hydrogens (primary N) is 1. The molecule has 2 heterocycles. The van der Waals surface area contributed by atoms with Crippen LogP contribution in [-0.2, 0) is 9.84 Å². The van der Waals surface area contributed by atoms with E-state index in [-0.39, 0.29) is 22.6 Å². The van der Waals surface area contributed by atoms with Gasteiger partial charge in [-0.15, -0.1) is 0 Å². The Bertz CT molecular complexity index is 421. The summed E-state index contributed by atoms with van der Waals surface area (Å²) in [7, 11) is -0.779. The van der Waals surface area contributed by atoms with Crippen LogP contribution < -0.4 is 5.73 Å². The maximum atomic E-state index is 11.8. The lowest BCUT2D eigenvalue weighted by molar-refractivity contribution is -0.0126. The fraction of sp³-hybridized carbons (Fsp3) is 1.00. The van der Waals surface area contributed by atoms with E-state index < -0.39 is 9.84 Å². The Kier molecular flexibility index (Phi) is 3.51. The van der Waals surface area contributed by atoms with Crippen LogP contribution >= 0.6 is 0 Å². The molecule has 0 saturated carbocycles. The first-order chi connectivity index (χ1) is 8.21. The Morgan fingerprint density at radius 1 is 1.28 bits per heavy atom. The fourth-order valence-electron chi connectivity index (χ4n) is 3.08. The molecule has 6 heteroatoms. The van der Waals surface area contributed by atoms with Crippen molar-refractivity contribution in [1.29, 1.82) is 0 Å². The summed E-state index contributed by atoms with van der Waals surface area (Å²) in [5.74, 6) is 0.521. The summed E-state index contributed by atoms with van der Waals surface area (Å²) in [5.41, 5.74) is 5.68. The Labute approximate surface area is 110 Å². The molecule has 18 heavy (non-hydrogen) atoms. The van der Waals surface area contributed by atoms with Crippen molar-refractivity contribution in [2.75, 3.05) is 44.7 Å². The fourth-order valence-corrected chi connectivity index (χ4v) is 5.18. The van der Waals surface area contributed by atoms with Crippen LogP contribution in [0.3, 0.4) is 0 Å². The molecule has 0 aromatic heterocycles. The van der Waals surface area contributed by atoms with Crippen molar-refractivity contribution in [1.82, 2.24) is 9.80 Å². The Morgan fingerprint density at radius 3 is 2.39 bits per heavy atom. The molecule has 0 aromatic rings. The van der Waals surface area contributed by atoms with E-state index in [9.17, 15) is 8.42 Å². The molecule has 0 radical (unpaired) electrons. The van der Waals surface area contributed by atoms with Gasteiger partial charge in [0.05, 0.1) is 11.5 Å². The van der Waals surface area contributed by atoms with E-state index in [0.717, 1.165) is 19.6 Å². The summed E-state index contributed by atoms with van der Waals surface area (Å²) in [6.07, 6.45) is 0.686. The molecule has 2 aliphatic rings. The molecule has 106 valence electrons. The van der Waals surface area contributed by atoms with Crippen molar-refractivity contribution >= 4 is 9.84 Å². The summed E-state index contributed by atoms with van der Waals surface area (Å²) in [6.45, 7) is 7.60. The zero-order valence-corrected chi connectivity index (χ0v) is 12.5. The normalized spacial score (nSPS) is 36.9. The molecular weight excluding hydrogens is 250 g/mol. The molecule has 2 N–H and O–H groups in total. The van der Waals surface area contributed by atoms with Gasteiger partial charge < -0.3 is 5.73 Å². The number of likely N-dealkylation sites (N-methyl/N-ethyl adjacent to an activating group) is 1. The first-order valence-corrected chi connectivity index (χ1v) is 8.40. The maximum Gasteiger partial charge on any atom is 0.152 e. The maximum absolute atomic E-state index is 11.8. The lowest BCUT2D eigenvalue weighted by Gasteiger charge is -2.51. The minimum atomic E-state index is -2.90. The molecule has 2 rings (SSSR count). The molecule has 2 fully saturated rings. The highest BCUT2D eigenvalue weighted by Crippen LogP contribution is 2.33. The summed E-state index contributed by atoms with van der Waals surface area (Å²) in [6, 6.07) is 0. The van der Waals surface area contributed by atoms with Crippen molar-refractivity contribution < 1.29 is 8.42 Å². The summed E-state index contributed by atoms with van der Waals surface area (Å²) in [4.78, 5) is 4.65. The van der Waals surface area contributed by atoms with Crippen LogP contribution in [0.5, 0.6) is 0 Å². The minimum absolute atomic E-state index is 0.0762. The van der Waals surface area contributed by atoms with Crippen LogP contribution in [0.1, 0.15) is 20.3 Å². The Hall–Kier alpha value is -0.170. The van der Waals surface area contributed by atoms with E-state index in [0.29, 0.717) is 13.0 Å². The third-order valence-corrected chi connectivity index (χ3v) is 6.54. The van der Waals surface area contributed by atoms with Gasteiger partial charge in [0.1, 0.15) is 0 Å². The zero-order valence-electron chi connectivity index (χ0n) is 11.6. The zero-order chi connectivity index (χ0) is 13.6. The van der Waals surface area contributed by atoms with Gasteiger partial charge in [-0.05, 0) is 27.3 Å². The smallest absolute Gasteiger partial charge is 0.152 e. The van der Waals surface area contributed by atoms with E-state index in [4.69, 9.17) is 5.73 Å². The lowest BCUT2D eigenvalue weighted by atomic mass is 9.90. The van der Waals surface area contributed by atoms with E-state index in [2.05, 4.69) is 30.7 Å². The van der Waals surface area contributed by atoms with Gasteiger partial charge >= 0.3 is 0 Å². The van der Waals surface area contributed by atoms with Crippen LogP contribution in [0.2, 0.25) is 0 Å². The van der Waals surface area contributed by atoms with Crippen LogP contribution in [0, 0.1) is 0 Å².